The Morgan fingerprint density at radius 3 is 2.31 bits per heavy atom. The number of nitrogens with one attached hydrogen (secondary N) is 2. The highest BCUT2D eigenvalue weighted by atomic mass is 16.6. The van der Waals surface area contributed by atoms with Gasteiger partial charge in [-0.05, 0) is 38.1 Å². The van der Waals surface area contributed by atoms with Crippen LogP contribution in [0.4, 0.5) is 5.69 Å². The fourth-order valence-corrected chi connectivity index (χ4v) is 3.64. The van der Waals surface area contributed by atoms with Gasteiger partial charge in [0.2, 0.25) is 0 Å². The Morgan fingerprint density at radius 1 is 1.15 bits per heavy atom. The highest BCUT2D eigenvalue weighted by Gasteiger charge is 2.27. The van der Waals surface area contributed by atoms with E-state index in [2.05, 4.69) is 17.2 Å². The second-order valence-corrected chi connectivity index (χ2v) is 6.96. The van der Waals surface area contributed by atoms with Gasteiger partial charge in [-0.25, -0.2) is 4.68 Å². The molecule has 1 aliphatic rings. The zero-order valence-corrected chi connectivity index (χ0v) is 15.6. The molecule has 1 saturated heterocycles. The van der Waals surface area contributed by atoms with Gasteiger partial charge < -0.3 is 14.5 Å². The summed E-state index contributed by atoms with van der Waals surface area (Å²) < 4.78 is 6.99. The smallest absolute Gasteiger partial charge is 0.312 e. The molecule has 1 aromatic carbocycles. The number of hydrogen-bond donors (Lipinski definition) is 2. The number of quaternary nitrogens is 2. The minimum atomic E-state index is -0.333. The van der Waals surface area contributed by atoms with Gasteiger partial charge in [-0.2, -0.15) is 5.10 Å². The molecule has 1 aliphatic heterocycles. The van der Waals surface area contributed by atoms with Gasteiger partial charge in [0, 0.05) is 5.56 Å². The van der Waals surface area contributed by atoms with Gasteiger partial charge in [0.15, 0.2) is 6.67 Å². The van der Waals surface area contributed by atoms with Crippen molar-refractivity contribution in [2.24, 2.45) is 0 Å². The van der Waals surface area contributed by atoms with Crippen LogP contribution >= 0.6 is 0 Å². The number of nitro groups is 1. The predicted octanol–water partition coefficient (Wildman–Crippen LogP) is -0.642. The van der Waals surface area contributed by atoms with Crippen molar-refractivity contribution in [3.05, 3.63) is 51.3 Å². The normalized spacial score (nSPS) is 20.1. The lowest BCUT2D eigenvalue weighted by atomic mass is 10.2. The third kappa shape index (κ3) is 4.03. The summed E-state index contributed by atoms with van der Waals surface area (Å²) in [6.45, 7) is 9.44. The van der Waals surface area contributed by atoms with Crippen molar-refractivity contribution in [2.75, 3.05) is 33.3 Å². The van der Waals surface area contributed by atoms with E-state index in [0.29, 0.717) is 18.1 Å². The fraction of sp³-hybridized carbons (Fsp3) is 0.500. The van der Waals surface area contributed by atoms with E-state index in [4.69, 9.17) is 4.74 Å². The van der Waals surface area contributed by atoms with Crippen molar-refractivity contribution in [1.29, 1.82) is 0 Å². The van der Waals surface area contributed by atoms with E-state index in [1.807, 2.05) is 12.1 Å². The number of methoxy groups -OCH3 is 1. The van der Waals surface area contributed by atoms with Gasteiger partial charge in [0.05, 0.1) is 12.0 Å². The average Bonchev–Trinajstić information content (AvgIpc) is 2.91. The minimum absolute atomic E-state index is 0.146. The van der Waals surface area contributed by atoms with E-state index >= 15 is 0 Å². The zero-order chi connectivity index (χ0) is 18.7. The molecule has 0 radical (unpaired) electrons. The molecule has 2 heterocycles. The Bertz CT molecular complexity index is 764. The Hall–Kier alpha value is -2.45. The summed E-state index contributed by atoms with van der Waals surface area (Å²) in [5, 5.41) is 15.5. The standard InChI is InChI=1S/C18H25N5O3/c1-14-18(23(24)25)15(2)22(19-14)13-21-10-8-20(9-11-21)12-16-4-6-17(26-3)7-5-16/h4-7H,8-13H2,1-3H3/p+2. The van der Waals surface area contributed by atoms with Crippen LogP contribution < -0.4 is 14.5 Å². The Kier molecular flexibility index (Phi) is 5.53. The molecule has 2 aromatic rings. The number of benzene rings is 1. The van der Waals surface area contributed by atoms with Crippen molar-refractivity contribution < 1.29 is 19.5 Å². The summed E-state index contributed by atoms with van der Waals surface area (Å²) in [7, 11) is 1.68. The van der Waals surface area contributed by atoms with Gasteiger partial charge in [0.1, 0.15) is 49.9 Å². The van der Waals surface area contributed by atoms with Crippen LogP contribution in [0.3, 0.4) is 0 Å². The van der Waals surface area contributed by atoms with Crippen molar-refractivity contribution in [3.63, 3.8) is 0 Å². The van der Waals surface area contributed by atoms with E-state index in [-0.39, 0.29) is 10.6 Å². The van der Waals surface area contributed by atoms with Crippen LogP contribution in [0.25, 0.3) is 0 Å². The summed E-state index contributed by atoms with van der Waals surface area (Å²) in [6, 6.07) is 8.26. The molecule has 2 N–H and O–H groups in total. The van der Waals surface area contributed by atoms with Crippen LogP contribution in [0.5, 0.6) is 5.75 Å². The maximum Gasteiger partial charge on any atom is 0.312 e. The van der Waals surface area contributed by atoms with Gasteiger partial charge in [0.25, 0.3) is 0 Å². The van der Waals surface area contributed by atoms with E-state index in [9.17, 15) is 10.1 Å². The first-order chi connectivity index (χ1) is 12.5. The summed E-state index contributed by atoms with van der Waals surface area (Å²) in [5.41, 5.74) is 2.61. The van der Waals surface area contributed by atoms with Crippen LogP contribution in [-0.4, -0.2) is 48.0 Å². The lowest BCUT2D eigenvalue weighted by molar-refractivity contribution is -1.03. The second kappa shape index (κ2) is 7.84. The van der Waals surface area contributed by atoms with Crippen LogP contribution in [-0.2, 0) is 13.2 Å². The summed E-state index contributed by atoms with van der Waals surface area (Å²) in [6.07, 6.45) is 0. The lowest BCUT2D eigenvalue weighted by Gasteiger charge is -2.29. The van der Waals surface area contributed by atoms with Crippen molar-refractivity contribution in [3.8, 4) is 5.75 Å². The van der Waals surface area contributed by atoms with Crippen LogP contribution in [0.1, 0.15) is 17.0 Å². The fourth-order valence-electron chi connectivity index (χ4n) is 3.64. The lowest BCUT2D eigenvalue weighted by Crippen LogP contribution is -3.27. The Morgan fingerprint density at radius 2 is 1.77 bits per heavy atom. The highest BCUT2D eigenvalue weighted by molar-refractivity contribution is 5.39. The zero-order valence-electron chi connectivity index (χ0n) is 15.6. The van der Waals surface area contributed by atoms with Gasteiger partial charge in [-0.1, -0.05) is 0 Å². The van der Waals surface area contributed by atoms with Crippen LogP contribution in [0.2, 0.25) is 0 Å². The molecule has 1 fully saturated rings. The van der Waals surface area contributed by atoms with Crippen LogP contribution in [0.15, 0.2) is 24.3 Å². The second-order valence-electron chi connectivity index (χ2n) is 6.96. The molecule has 8 nitrogen and oxygen atoms in total. The number of hydrogen-bond acceptors (Lipinski definition) is 4. The van der Waals surface area contributed by atoms with Gasteiger partial charge in [-0.15, -0.1) is 0 Å². The minimum Gasteiger partial charge on any atom is -0.497 e. The SMILES string of the molecule is COc1ccc(C[NH+]2CC[NH+](Cn3nc(C)c([N+](=O)[O-])c3C)CC2)cc1. The third-order valence-corrected chi connectivity index (χ3v) is 5.18. The summed E-state index contributed by atoms with van der Waals surface area (Å²) in [5.74, 6) is 0.886. The number of piperazine rings is 1. The molecular weight excluding hydrogens is 334 g/mol. The van der Waals surface area contributed by atoms with E-state index in [1.54, 1.807) is 30.5 Å². The first kappa shape index (κ1) is 18.3. The first-order valence-corrected chi connectivity index (χ1v) is 8.96. The van der Waals surface area contributed by atoms with E-state index in [0.717, 1.165) is 38.5 Å². The maximum absolute atomic E-state index is 11.1. The first-order valence-electron chi connectivity index (χ1n) is 8.96. The number of aryl methyl sites for hydroxylation is 1. The third-order valence-electron chi connectivity index (χ3n) is 5.18. The quantitative estimate of drug-likeness (QED) is 0.530. The molecule has 0 saturated carbocycles. The summed E-state index contributed by atoms with van der Waals surface area (Å²) in [4.78, 5) is 13.8. The molecule has 0 aliphatic carbocycles. The molecule has 3 rings (SSSR count). The Balaban J connectivity index is 1.54. The topological polar surface area (TPSA) is 79.1 Å². The van der Waals surface area contributed by atoms with E-state index < -0.39 is 0 Å². The predicted molar refractivity (Wildman–Crippen MR) is 96.4 cm³/mol. The molecule has 26 heavy (non-hydrogen) atoms. The number of nitrogens with zero attached hydrogens (tertiary/aromatic N) is 3. The average molecular weight is 361 g/mol. The van der Waals surface area contributed by atoms with Gasteiger partial charge in [-0.3, -0.25) is 10.1 Å². The molecular formula is C18H27N5O3+2. The van der Waals surface area contributed by atoms with Crippen molar-refractivity contribution in [2.45, 2.75) is 27.1 Å². The van der Waals surface area contributed by atoms with E-state index in [1.165, 1.54) is 10.5 Å². The Labute approximate surface area is 153 Å². The van der Waals surface area contributed by atoms with Crippen molar-refractivity contribution >= 4 is 5.69 Å². The molecule has 0 unspecified atom stereocenters. The van der Waals surface area contributed by atoms with Crippen molar-refractivity contribution in [1.82, 2.24) is 9.78 Å². The molecule has 140 valence electrons. The summed E-state index contributed by atoms with van der Waals surface area (Å²) >= 11 is 0. The largest absolute Gasteiger partial charge is 0.497 e. The molecule has 0 bridgehead atoms. The molecule has 1 aromatic heterocycles. The molecule has 0 atom stereocenters. The highest BCUT2D eigenvalue weighted by Crippen LogP contribution is 2.20. The molecule has 0 spiro atoms. The molecule has 0 amide bonds. The number of ether oxygens (including phenoxy) is 1. The maximum atomic E-state index is 11.1. The number of aromatic nitrogens is 2. The van der Waals surface area contributed by atoms with Gasteiger partial charge >= 0.3 is 5.69 Å². The monoisotopic (exact) mass is 361 g/mol. The number of rotatable bonds is 6. The van der Waals surface area contributed by atoms with Crippen LogP contribution in [0, 0.1) is 24.0 Å². The molecule has 8 heteroatoms.